The molecule has 0 aliphatic rings. The van der Waals surface area contributed by atoms with E-state index in [1.807, 2.05) is 48.5 Å². The first-order valence-electron chi connectivity index (χ1n) is 5.33. The Hall–Kier alpha value is -1.71. The largest absolute Gasteiger partial charge is 0.398 e. The SMILES string of the molecule is Nc1ccccc1CNNc1ccc(Cl)cc1. The molecule has 88 valence electrons. The number of para-hydroxylation sites is 1. The molecule has 17 heavy (non-hydrogen) atoms. The van der Waals surface area contributed by atoms with Crippen molar-refractivity contribution in [3.05, 3.63) is 59.1 Å². The van der Waals surface area contributed by atoms with Crippen LogP contribution in [0.5, 0.6) is 0 Å². The molecule has 0 spiro atoms. The Kier molecular flexibility index (Phi) is 3.85. The number of rotatable bonds is 4. The van der Waals surface area contributed by atoms with Gasteiger partial charge >= 0.3 is 0 Å². The van der Waals surface area contributed by atoms with Crippen LogP contribution in [0.4, 0.5) is 11.4 Å². The third-order valence-corrected chi connectivity index (χ3v) is 2.66. The van der Waals surface area contributed by atoms with E-state index >= 15 is 0 Å². The van der Waals surface area contributed by atoms with E-state index in [-0.39, 0.29) is 0 Å². The van der Waals surface area contributed by atoms with Crippen molar-refractivity contribution in [3.8, 4) is 0 Å². The fourth-order valence-corrected chi connectivity index (χ4v) is 1.60. The van der Waals surface area contributed by atoms with Crippen LogP contribution in [0.3, 0.4) is 0 Å². The first-order chi connectivity index (χ1) is 8.25. The summed E-state index contributed by atoms with van der Waals surface area (Å²) in [6.07, 6.45) is 0. The van der Waals surface area contributed by atoms with Crippen molar-refractivity contribution in [2.75, 3.05) is 11.2 Å². The maximum Gasteiger partial charge on any atom is 0.0488 e. The molecule has 4 heteroatoms. The van der Waals surface area contributed by atoms with Crippen molar-refractivity contribution in [2.45, 2.75) is 6.54 Å². The molecule has 0 radical (unpaired) electrons. The minimum atomic E-state index is 0.662. The van der Waals surface area contributed by atoms with Gasteiger partial charge in [-0.15, -0.1) is 0 Å². The van der Waals surface area contributed by atoms with Gasteiger partial charge in [-0.1, -0.05) is 29.8 Å². The summed E-state index contributed by atoms with van der Waals surface area (Å²) in [7, 11) is 0. The molecule has 0 unspecified atom stereocenters. The molecule has 0 aliphatic carbocycles. The van der Waals surface area contributed by atoms with E-state index in [0.29, 0.717) is 6.54 Å². The van der Waals surface area contributed by atoms with E-state index in [4.69, 9.17) is 17.3 Å². The molecule has 0 atom stereocenters. The Morgan fingerprint density at radius 2 is 1.71 bits per heavy atom. The molecular weight excluding hydrogens is 234 g/mol. The summed E-state index contributed by atoms with van der Waals surface area (Å²) in [5.74, 6) is 0. The lowest BCUT2D eigenvalue weighted by Gasteiger charge is -2.10. The summed E-state index contributed by atoms with van der Waals surface area (Å²) in [6, 6.07) is 15.3. The van der Waals surface area contributed by atoms with Crippen LogP contribution >= 0.6 is 11.6 Å². The zero-order valence-electron chi connectivity index (χ0n) is 9.28. The molecule has 0 amide bonds. The molecule has 2 rings (SSSR count). The van der Waals surface area contributed by atoms with Crippen LogP contribution in [-0.2, 0) is 6.54 Å². The van der Waals surface area contributed by atoms with Gasteiger partial charge in [-0.2, -0.15) is 0 Å². The van der Waals surface area contributed by atoms with Gasteiger partial charge in [-0.3, -0.25) is 0 Å². The van der Waals surface area contributed by atoms with Crippen molar-refractivity contribution >= 4 is 23.0 Å². The van der Waals surface area contributed by atoms with Crippen LogP contribution in [0.15, 0.2) is 48.5 Å². The highest BCUT2D eigenvalue weighted by Gasteiger charge is 1.96. The maximum atomic E-state index is 5.83. The average molecular weight is 248 g/mol. The number of hydrazine groups is 1. The molecule has 0 bridgehead atoms. The standard InChI is InChI=1S/C13H14ClN3/c14-11-5-7-12(8-6-11)17-16-9-10-3-1-2-4-13(10)15/h1-8,16-17H,9,15H2. The van der Waals surface area contributed by atoms with Gasteiger partial charge in [-0.25, -0.2) is 5.43 Å². The first kappa shape index (κ1) is 11.8. The fourth-order valence-electron chi connectivity index (χ4n) is 1.47. The zero-order valence-corrected chi connectivity index (χ0v) is 10.0. The summed E-state index contributed by atoms with van der Waals surface area (Å²) in [5.41, 5.74) is 14.8. The third kappa shape index (κ3) is 3.37. The average Bonchev–Trinajstić information content (AvgIpc) is 2.34. The van der Waals surface area contributed by atoms with Gasteiger partial charge in [0.15, 0.2) is 0 Å². The predicted molar refractivity (Wildman–Crippen MR) is 72.8 cm³/mol. The van der Waals surface area contributed by atoms with Gasteiger partial charge in [0.2, 0.25) is 0 Å². The molecule has 0 fully saturated rings. The minimum absolute atomic E-state index is 0.662. The van der Waals surface area contributed by atoms with Gasteiger partial charge in [-0.05, 0) is 35.9 Å². The lowest BCUT2D eigenvalue weighted by molar-refractivity contribution is 0.803. The number of benzene rings is 2. The molecule has 0 saturated heterocycles. The van der Waals surface area contributed by atoms with Gasteiger partial charge in [0.25, 0.3) is 0 Å². The second kappa shape index (κ2) is 5.57. The summed E-state index contributed by atoms with van der Waals surface area (Å²) in [5, 5.41) is 0.725. The van der Waals surface area contributed by atoms with E-state index in [1.54, 1.807) is 0 Å². The molecule has 4 N–H and O–H groups in total. The first-order valence-corrected chi connectivity index (χ1v) is 5.71. The highest BCUT2D eigenvalue weighted by atomic mass is 35.5. The van der Waals surface area contributed by atoms with Crippen molar-refractivity contribution in [1.29, 1.82) is 0 Å². The Bertz CT molecular complexity index is 482. The molecule has 0 aliphatic heterocycles. The predicted octanol–water partition coefficient (Wildman–Crippen LogP) is 3.04. The van der Waals surface area contributed by atoms with Crippen LogP contribution < -0.4 is 16.6 Å². The van der Waals surface area contributed by atoms with Crippen molar-refractivity contribution in [2.24, 2.45) is 0 Å². The Labute approximate surface area is 106 Å². The van der Waals surface area contributed by atoms with Crippen LogP contribution in [-0.4, -0.2) is 0 Å². The van der Waals surface area contributed by atoms with Crippen LogP contribution in [0.2, 0.25) is 5.02 Å². The Balaban J connectivity index is 1.88. The summed E-state index contributed by atoms with van der Waals surface area (Å²) >= 11 is 5.80. The number of halogens is 1. The van der Waals surface area contributed by atoms with Gasteiger partial charge in [0.1, 0.15) is 0 Å². The van der Waals surface area contributed by atoms with E-state index in [0.717, 1.165) is 22.0 Å². The Morgan fingerprint density at radius 1 is 1.00 bits per heavy atom. The van der Waals surface area contributed by atoms with E-state index in [1.165, 1.54) is 0 Å². The molecule has 2 aromatic rings. The normalized spacial score (nSPS) is 10.2. The quantitative estimate of drug-likeness (QED) is 0.575. The monoisotopic (exact) mass is 247 g/mol. The number of nitrogens with one attached hydrogen (secondary N) is 2. The van der Waals surface area contributed by atoms with Crippen molar-refractivity contribution in [3.63, 3.8) is 0 Å². The number of hydrogen-bond donors (Lipinski definition) is 3. The van der Waals surface area contributed by atoms with Crippen LogP contribution in [0.25, 0.3) is 0 Å². The highest BCUT2D eigenvalue weighted by Crippen LogP contribution is 2.13. The number of hydrogen-bond acceptors (Lipinski definition) is 3. The topological polar surface area (TPSA) is 50.1 Å². The lowest BCUT2D eigenvalue weighted by Crippen LogP contribution is -2.21. The molecule has 0 saturated carbocycles. The van der Waals surface area contributed by atoms with Crippen LogP contribution in [0, 0.1) is 0 Å². The number of nitrogens with two attached hydrogens (primary N) is 1. The van der Waals surface area contributed by atoms with E-state index < -0.39 is 0 Å². The third-order valence-electron chi connectivity index (χ3n) is 2.41. The molecule has 2 aromatic carbocycles. The maximum absolute atomic E-state index is 5.83. The van der Waals surface area contributed by atoms with Crippen LogP contribution in [0.1, 0.15) is 5.56 Å². The second-order valence-electron chi connectivity index (χ2n) is 3.68. The number of anilines is 2. The zero-order chi connectivity index (χ0) is 12.1. The van der Waals surface area contributed by atoms with Crippen molar-refractivity contribution < 1.29 is 0 Å². The highest BCUT2D eigenvalue weighted by molar-refractivity contribution is 6.30. The molecule has 3 nitrogen and oxygen atoms in total. The van der Waals surface area contributed by atoms with Gasteiger partial charge in [0.05, 0.1) is 0 Å². The smallest absolute Gasteiger partial charge is 0.0488 e. The molecular formula is C13H14ClN3. The fraction of sp³-hybridized carbons (Fsp3) is 0.0769. The van der Waals surface area contributed by atoms with E-state index in [2.05, 4.69) is 10.9 Å². The summed E-state index contributed by atoms with van der Waals surface area (Å²) < 4.78 is 0. The minimum Gasteiger partial charge on any atom is -0.398 e. The van der Waals surface area contributed by atoms with Crippen molar-refractivity contribution in [1.82, 2.24) is 5.43 Å². The lowest BCUT2D eigenvalue weighted by atomic mass is 10.2. The molecule has 0 heterocycles. The van der Waals surface area contributed by atoms with Gasteiger partial charge < -0.3 is 11.2 Å². The number of nitrogen functional groups attached to an aromatic ring is 1. The second-order valence-corrected chi connectivity index (χ2v) is 4.12. The summed E-state index contributed by atoms with van der Waals surface area (Å²) in [6.45, 7) is 0.662. The summed E-state index contributed by atoms with van der Waals surface area (Å²) in [4.78, 5) is 0. The molecule has 0 aromatic heterocycles. The van der Waals surface area contributed by atoms with Gasteiger partial charge in [0, 0.05) is 22.9 Å². The Morgan fingerprint density at radius 3 is 2.41 bits per heavy atom. The van der Waals surface area contributed by atoms with E-state index in [9.17, 15) is 0 Å².